The molecule has 80 heavy (non-hydrogen) atoms. The number of Topliss-reactive ketones (excluding diaryl/α,β-unsaturated/α-hetero) is 1. The van der Waals surface area contributed by atoms with E-state index in [9.17, 15) is 44.7 Å². The molecule has 4 aromatic rings. The number of anilines is 1. The molecule has 8 rings (SSSR count). The molecule has 4 aliphatic heterocycles. The molecule has 5 heterocycles. The quantitative estimate of drug-likeness (QED) is 0.0245. The van der Waals surface area contributed by atoms with Crippen molar-refractivity contribution in [1.82, 2.24) is 20.3 Å². The number of carbonyl (C=O) groups is 4. The number of aliphatic hydroxyl groups excluding tert-OH is 2. The number of phenols is 3. The molecular weight excluding hydrogens is 1030 g/mol. The molecule has 1 fully saturated rings. The minimum Gasteiger partial charge on any atom is -0.507 e. The van der Waals surface area contributed by atoms with Gasteiger partial charge in [0.15, 0.2) is 11.6 Å². The Morgan fingerprint density at radius 1 is 0.912 bits per heavy atom. The number of ether oxygens (including phenoxy) is 5. The van der Waals surface area contributed by atoms with Gasteiger partial charge < -0.3 is 65.2 Å². The predicted octanol–water partition coefficient (Wildman–Crippen LogP) is 5.81. The van der Waals surface area contributed by atoms with Gasteiger partial charge in [0.25, 0.3) is 17.6 Å². The maximum atomic E-state index is 14.4. The van der Waals surface area contributed by atoms with Gasteiger partial charge in [-0.2, -0.15) is 10.2 Å². The second-order valence-electron chi connectivity index (χ2n) is 20.5. The summed E-state index contributed by atoms with van der Waals surface area (Å²) in [6, 6.07) is 10.7. The van der Waals surface area contributed by atoms with E-state index in [4.69, 9.17) is 29.4 Å². The van der Waals surface area contributed by atoms with E-state index in [1.807, 2.05) is 38.2 Å². The Morgan fingerprint density at radius 3 is 2.21 bits per heavy atom. The first-order valence-corrected chi connectivity index (χ1v) is 26.2. The summed E-state index contributed by atoms with van der Waals surface area (Å²) in [5.74, 6) is -7.82. The second kappa shape index (κ2) is 26.7. The van der Waals surface area contributed by atoms with Gasteiger partial charge in [0.2, 0.25) is 0 Å². The fourth-order valence-corrected chi connectivity index (χ4v) is 9.44. The molecule has 0 aliphatic carbocycles. The van der Waals surface area contributed by atoms with Crippen LogP contribution in [0, 0.1) is 37.5 Å². The van der Waals surface area contributed by atoms with E-state index in [-0.39, 0.29) is 62.8 Å². The van der Waals surface area contributed by atoms with Gasteiger partial charge in [-0.3, -0.25) is 29.2 Å². The van der Waals surface area contributed by atoms with Crippen LogP contribution in [0.3, 0.4) is 0 Å². The van der Waals surface area contributed by atoms with Gasteiger partial charge >= 0.3 is 11.8 Å². The van der Waals surface area contributed by atoms with Gasteiger partial charge in [-0.25, -0.2) is 5.43 Å². The number of fused-ring (bicyclic) bond motifs is 14. The first kappa shape index (κ1) is 61.2. The van der Waals surface area contributed by atoms with Gasteiger partial charge in [-0.15, -0.1) is 0 Å². The first-order valence-electron chi connectivity index (χ1n) is 26.2. The summed E-state index contributed by atoms with van der Waals surface area (Å²) in [6.45, 7) is 17.2. The molecule has 5 bridgehead atoms. The standard InChI is InChI=1S/C43H58N4O12.C15H16N4O2/c1-21-12-11-13-22(2)42(55)45-33-28(20-44-47-17-15-46(9)16-18-47)37(52)30-31(38(33)53)36(51)26(6)40-32(30)41(54)43(8,59-40)57-19-14-29(56-10)23(3)39(58-27(7)48)25(5)35(50)24(4)34(21)49;1-11-2-4-13(5-3-11)21-10-14(16)18-19-15(20)12-6-8-17-9-7-12/h11-14,19-21,23-25,29,34-35,39,49-53H,15-18H2,1-10H3,(H,45,55);2-9H,10H2,1H3,(H2,16,18)(H,19,20)/b12-11+,19-14+,22-13-,44-20-;/t21-,23+,24+,25+,29-,34-,35+,39+,43-;/m0./s1. The fraction of sp³-hybridized carbons (Fsp3) is 0.431. The van der Waals surface area contributed by atoms with Crippen LogP contribution >= 0.6 is 0 Å². The number of rotatable bonds is 9. The number of carbonyl (C=O) groups excluding carboxylic acids is 4. The number of amides is 2. The molecule has 1 saturated heterocycles. The number of hydrazone groups is 2. The third-order valence-electron chi connectivity index (χ3n) is 14.5. The highest BCUT2D eigenvalue weighted by Crippen LogP contribution is 2.55. The largest absolute Gasteiger partial charge is 0.507 e. The minimum atomic E-state index is -2.04. The zero-order valence-electron chi connectivity index (χ0n) is 47.0. The number of hydrogen-bond acceptors (Lipinski definition) is 19. The van der Waals surface area contributed by atoms with Crippen LogP contribution in [0.1, 0.15) is 85.9 Å². The van der Waals surface area contributed by atoms with Crippen LogP contribution in [-0.2, 0) is 23.8 Å². The van der Waals surface area contributed by atoms with E-state index < -0.39 is 88.8 Å². The summed E-state index contributed by atoms with van der Waals surface area (Å²) in [6.07, 6.45) is 7.92. The number of aromatic nitrogens is 1. The number of benzene rings is 3. The zero-order chi connectivity index (χ0) is 58.7. The number of ketones is 1. The number of likely N-dealkylation sites (N-methyl/N-ethyl adjacent to an activating group) is 1. The SMILES string of the molecule is CO[C@H]1/C=C/O[C@@]2(C)Oc3c(C)c(O)c4c(O)c(c(/C=N\N5CCN(C)CC5)c(O)c4c3C2=O)NC(=O)/C(C)=C\C=C\[C@H](C)[C@H](O)[C@@H](C)[C@@H](O)[C@@H](C)[C@H](OC(C)=O)[C@@H]1C.Cc1ccc(OC/C(N)=N\NC(=O)c2ccncc2)cc1. The smallest absolute Gasteiger partial charge is 0.312 e. The number of amidine groups is 1. The third-order valence-corrected chi connectivity index (χ3v) is 14.5. The Kier molecular flexibility index (Phi) is 20.4. The average Bonchev–Trinajstić information content (AvgIpc) is 3.88. The number of nitrogens with two attached hydrogens (primary N) is 1. The van der Waals surface area contributed by atoms with Crippen molar-refractivity contribution >= 4 is 52.1 Å². The van der Waals surface area contributed by atoms with Gasteiger partial charge in [0.1, 0.15) is 35.7 Å². The number of phenolic OH excluding ortho intramolecular Hbond substituents is 3. The van der Waals surface area contributed by atoms with Crippen molar-refractivity contribution in [2.24, 2.45) is 39.6 Å². The topological polar surface area (TPSA) is 310 Å². The maximum Gasteiger partial charge on any atom is 0.312 e. The van der Waals surface area contributed by atoms with Crippen LogP contribution in [0.2, 0.25) is 0 Å². The van der Waals surface area contributed by atoms with Crippen molar-refractivity contribution in [3.05, 3.63) is 113 Å². The number of aryl methyl sites for hydroxylation is 1. The van der Waals surface area contributed by atoms with Crippen LogP contribution in [-0.4, -0.2) is 153 Å². The maximum absolute atomic E-state index is 14.4. The van der Waals surface area contributed by atoms with E-state index >= 15 is 0 Å². The molecule has 1 aromatic heterocycles. The number of aromatic hydroxyl groups is 3. The van der Waals surface area contributed by atoms with Crippen LogP contribution < -0.4 is 25.9 Å². The summed E-state index contributed by atoms with van der Waals surface area (Å²) in [5, 5.41) is 70.6. The van der Waals surface area contributed by atoms with Crippen molar-refractivity contribution in [1.29, 1.82) is 0 Å². The number of pyridine rings is 1. The van der Waals surface area contributed by atoms with Crippen LogP contribution in [0.4, 0.5) is 5.69 Å². The van der Waals surface area contributed by atoms with Gasteiger partial charge in [0, 0.05) is 105 Å². The lowest BCUT2D eigenvalue weighted by Gasteiger charge is -2.38. The molecule has 430 valence electrons. The number of aliphatic hydroxyl groups is 2. The molecule has 22 heteroatoms. The van der Waals surface area contributed by atoms with Gasteiger partial charge in [0.05, 0.1) is 53.0 Å². The summed E-state index contributed by atoms with van der Waals surface area (Å²) in [5.41, 5.74) is 9.29. The monoisotopic (exact) mass is 1110 g/mol. The fourth-order valence-electron chi connectivity index (χ4n) is 9.44. The van der Waals surface area contributed by atoms with E-state index in [1.54, 1.807) is 57.0 Å². The number of esters is 1. The highest BCUT2D eigenvalue weighted by molar-refractivity contribution is 6.24. The molecule has 0 saturated carbocycles. The zero-order valence-corrected chi connectivity index (χ0v) is 47.0. The molecule has 0 radical (unpaired) electrons. The molecule has 9 N–H and O–H groups in total. The Morgan fingerprint density at radius 2 is 1.57 bits per heavy atom. The lowest BCUT2D eigenvalue weighted by molar-refractivity contribution is -0.160. The van der Waals surface area contributed by atoms with Crippen molar-refractivity contribution in [2.75, 3.05) is 52.3 Å². The van der Waals surface area contributed by atoms with Crippen molar-refractivity contribution in [3.63, 3.8) is 0 Å². The van der Waals surface area contributed by atoms with Crippen LogP contribution in [0.15, 0.2) is 95.1 Å². The highest BCUT2D eigenvalue weighted by atomic mass is 16.7. The molecule has 0 unspecified atom stereocenters. The van der Waals surface area contributed by atoms with E-state index in [1.165, 1.54) is 71.8 Å². The summed E-state index contributed by atoms with van der Waals surface area (Å²) >= 11 is 0. The normalized spacial score (nSPS) is 26.5. The number of nitrogens with one attached hydrogen (secondary N) is 2. The number of piperazine rings is 1. The van der Waals surface area contributed by atoms with Gasteiger partial charge in [-0.05, 0) is 58.2 Å². The second-order valence-corrected chi connectivity index (χ2v) is 20.5. The van der Waals surface area contributed by atoms with Crippen LogP contribution in [0.5, 0.6) is 28.7 Å². The minimum absolute atomic E-state index is 0.0559. The highest BCUT2D eigenvalue weighted by Gasteiger charge is 2.50. The van der Waals surface area contributed by atoms with E-state index in [0.29, 0.717) is 24.4 Å². The summed E-state index contributed by atoms with van der Waals surface area (Å²) < 4.78 is 29.0. The Hall–Kier alpha value is -8.05. The van der Waals surface area contributed by atoms with Crippen molar-refractivity contribution in [3.8, 4) is 28.7 Å². The molecule has 3 aromatic carbocycles. The molecular formula is C58H74N8O14. The number of allylic oxidation sites excluding steroid dienone is 2. The summed E-state index contributed by atoms with van der Waals surface area (Å²) in [4.78, 5) is 58.2. The molecule has 0 spiro atoms. The van der Waals surface area contributed by atoms with Gasteiger partial charge in [-0.1, -0.05) is 63.6 Å². The van der Waals surface area contributed by atoms with Crippen LogP contribution in [0.25, 0.3) is 10.8 Å². The number of hydrogen-bond donors (Lipinski definition) is 8. The van der Waals surface area contributed by atoms with Crippen molar-refractivity contribution in [2.45, 2.75) is 92.5 Å². The Labute approximate surface area is 465 Å². The molecule has 2 amide bonds. The van der Waals surface area contributed by atoms with E-state index in [0.717, 1.165) is 18.7 Å². The number of nitrogens with zero attached hydrogens (tertiary/aromatic N) is 5. The number of methoxy groups -OCH3 is 1. The molecule has 9 atom stereocenters. The van der Waals surface area contributed by atoms with E-state index in [2.05, 4.69) is 30.8 Å². The summed E-state index contributed by atoms with van der Waals surface area (Å²) in [7, 11) is 3.42. The van der Waals surface area contributed by atoms with Crippen molar-refractivity contribution < 1.29 is 68.4 Å². The lowest BCUT2D eigenvalue weighted by Crippen LogP contribution is -2.46. The molecule has 22 nitrogen and oxygen atoms in total. The molecule has 4 aliphatic rings. The predicted molar refractivity (Wildman–Crippen MR) is 300 cm³/mol. The first-order chi connectivity index (χ1) is 37.9. The Bertz CT molecular complexity index is 3050. The Balaban J connectivity index is 0.000000410. The third kappa shape index (κ3) is 14.2. The average molecular weight is 1110 g/mol. The lowest BCUT2D eigenvalue weighted by atomic mass is 9.78.